The third kappa shape index (κ3) is 1.97. The number of rotatable bonds is 2. The van der Waals surface area contributed by atoms with Gasteiger partial charge in [-0.25, -0.2) is 9.37 Å². The van der Waals surface area contributed by atoms with E-state index >= 15 is 0 Å². The van der Waals surface area contributed by atoms with Crippen molar-refractivity contribution in [2.45, 2.75) is 0 Å². The van der Waals surface area contributed by atoms with E-state index < -0.39 is 11.6 Å². The minimum atomic E-state index is -0.670. The first kappa shape index (κ1) is 13.1. The second-order valence-corrected chi connectivity index (χ2v) is 4.96. The van der Waals surface area contributed by atoms with E-state index in [9.17, 15) is 9.18 Å². The number of hydrogen-bond donors (Lipinski definition) is 1. The summed E-state index contributed by atoms with van der Waals surface area (Å²) >= 11 is 12.0. The van der Waals surface area contributed by atoms with Gasteiger partial charge in [0, 0.05) is 17.8 Å². The molecule has 0 radical (unpaired) electrons. The summed E-state index contributed by atoms with van der Waals surface area (Å²) in [7, 11) is 0. The fraction of sp³-hybridized carbons (Fsp3) is 0. The van der Waals surface area contributed by atoms with E-state index in [2.05, 4.69) is 9.97 Å². The number of halogens is 3. The summed E-state index contributed by atoms with van der Waals surface area (Å²) < 4.78 is 13.8. The quantitative estimate of drug-likeness (QED) is 0.720. The van der Waals surface area contributed by atoms with Crippen molar-refractivity contribution in [3.05, 3.63) is 63.6 Å². The number of nitrogens with zero attached hydrogens (tertiary/aromatic N) is 1. The van der Waals surface area contributed by atoms with Crippen LogP contribution in [-0.2, 0) is 0 Å². The maximum absolute atomic E-state index is 13.8. The van der Waals surface area contributed by atoms with Gasteiger partial charge in [-0.1, -0.05) is 29.3 Å². The molecule has 0 atom stereocenters. The van der Waals surface area contributed by atoms with Crippen molar-refractivity contribution in [1.29, 1.82) is 0 Å². The molecular formula is C14H7Cl2FN2O. The number of hydrogen-bond acceptors (Lipinski definition) is 2. The SMILES string of the molecule is O=C(c1c(F)cccc1Cl)c1c[nH]c2nccc(Cl)c12. The molecule has 0 aliphatic rings. The fourth-order valence-electron chi connectivity index (χ4n) is 2.05. The van der Waals surface area contributed by atoms with Crippen LogP contribution in [0.2, 0.25) is 10.0 Å². The van der Waals surface area contributed by atoms with Gasteiger partial charge in [-0.05, 0) is 18.2 Å². The second-order valence-electron chi connectivity index (χ2n) is 4.14. The van der Waals surface area contributed by atoms with Crippen molar-refractivity contribution >= 4 is 40.0 Å². The molecule has 0 aliphatic heterocycles. The molecule has 3 aromatic rings. The number of H-pyrrole nitrogens is 1. The van der Waals surface area contributed by atoms with Crippen molar-refractivity contribution < 1.29 is 9.18 Å². The number of fused-ring (bicyclic) bond motifs is 1. The molecule has 0 spiro atoms. The minimum absolute atomic E-state index is 0.0596. The Bertz CT molecular complexity index is 809. The summed E-state index contributed by atoms with van der Waals surface area (Å²) in [4.78, 5) is 19.4. The second kappa shape index (κ2) is 4.89. The molecule has 0 saturated heterocycles. The van der Waals surface area contributed by atoms with Gasteiger partial charge in [0.2, 0.25) is 0 Å². The Balaban J connectivity index is 2.24. The zero-order valence-electron chi connectivity index (χ0n) is 9.95. The van der Waals surface area contributed by atoms with Gasteiger partial charge in [0.15, 0.2) is 5.78 Å². The Hall–Kier alpha value is -1.91. The van der Waals surface area contributed by atoms with Gasteiger partial charge in [0.25, 0.3) is 0 Å². The number of pyridine rings is 1. The molecular weight excluding hydrogens is 302 g/mol. The smallest absolute Gasteiger partial charge is 0.199 e. The fourth-order valence-corrected chi connectivity index (χ4v) is 2.54. The number of aromatic nitrogens is 2. The van der Waals surface area contributed by atoms with E-state index in [-0.39, 0.29) is 16.1 Å². The zero-order valence-corrected chi connectivity index (χ0v) is 11.5. The standard InChI is InChI=1S/C14H7Cl2FN2O/c15-8-2-1-3-10(17)12(8)13(20)7-6-19-14-11(7)9(16)4-5-18-14/h1-6H,(H,18,19). The molecule has 0 unspecified atom stereocenters. The lowest BCUT2D eigenvalue weighted by Crippen LogP contribution is -2.04. The molecule has 2 aromatic heterocycles. The predicted molar refractivity (Wildman–Crippen MR) is 75.9 cm³/mol. The van der Waals surface area contributed by atoms with Crippen LogP contribution in [0.5, 0.6) is 0 Å². The van der Waals surface area contributed by atoms with Crippen molar-refractivity contribution in [2.24, 2.45) is 0 Å². The summed E-state index contributed by atoms with van der Waals surface area (Å²) in [6.45, 7) is 0. The Morgan fingerprint density at radius 2 is 2.00 bits per heavy atom. The molecule has 0 saturated carbocycles. The molecule has 0 amide bonds. The van der Waals surface area contributed by atoms with E-state index in [1.165, 1.54) is 30.6 Å². The summed E-state index contributed by atoms with van der Waals surface area (Å²) in [5, 5.41) is 0.884. The van der Waals surface area contributed by atoms with Gasteiger partial charge in [0.05, 0.1) is 21.2 Å². The highest BCUT2D eigenvalue weighted by Crippen LogP contribution is 2.29. The van der Waals surface area contributed by atoms with E-state index in [1.54, 1.807) is 6.07 Å². The Morgan fingerprint density at radius 3 is 2.75 bits per heavy atom. The summed E-state index contributed by atoms with van der Waals surface area (Å²) in [5.74, 6) is -1.20. The predicted octanol–water partition coefficient (Wildman–Crippen LogP) is 4.24. The van der Waals surface area contributed by atoms with Crippen LogP contribution in [0.4, 0.5) is 4.39 Å². The zero-order chi connectivity index (χ0) is 14.3. The van der Waals surface area contributed by atoms with Crippen LogP contribution in [0.3, 0.4) is 0 Å². The molecule has 0 aliphatic carbocycles. The third-order valence-electron chi connectivity index (χ3n) is 2.96. The number of carbonyl (C=O) groups is 1. The van der Waals surface area contributed by atoms with Crippen molar-refractivity contribution in [3.63, 3.8) is 0 Å². The first-order valence-corrected chi connectivity index (χ1v) is 6.45. The van der Waals surface area contributed by atoms with Gasteiger partial charge < -0.3 is 4.98 Å². The van der Waals surface area contributed by atoms with E-state index in [0.717, 1.165) is 0 Å². The van der Waals surface area contributed by atoms with Gasteiger partial charge in [-0.2, -0.15) is 0 Å². The van der Waals surface area contributed by atoms with Gasteiger partial charge in [0.1, 0.15) is 11.5 Å². The van der Waals surface area contributed by atoms with Crippen molar-refractivity contribution in [1.82, 2.24) is 9.97 Å². The largest absolute Gasteiger partial charge is 0.345 e. The van der Waals surface area contributed by atoms with E-state index in [0.29, 0.717) is 16.1 Å². The third-order valence-corrected chi connectivity index (χ3v) is 3.59. The van der Waals surface area contributed by atoms with Crippen molar-refractivity contribution in [3.8, 4) is 0 Å². The van der Waals surface area contributed by atoms with Crippen LogP contribution >= 0.6 is 23.2 Å². The van der Waals surface area contributed by atoms with Crippen molar-refractivity contribution in [2.75, 3.05) is 0 Å². The average molecular weight is 309 g/mol. The van der Waals surface area contributed by atoms with Crippen LogP contribution in [0.25, 0.3) is 11.0 Å². The number of carbonyl (C=O) groups excluding carboxylic acids is 1. The number of benzene rings is 1. The minimum Gasteiger partial charge on any atom is -0.345 e. The summed E-state index contributed by atoms with van der Waals surface area (Å²) in [6.07, 6.45) is 2.97. The maximum atomic E-state index is 13.8. The lowest BCUT2D eigenvalue weighted by atomic mass is 10.0. The highest BCUT2D eigenvalue weighted by Gasteiger charge is 2.22. The molecule has 0 fully saturated rings. The van der Waals surface area contributed by atoms with E-state index in [4.69, 9.17) is 23.2 Å². The molecule has 100 valence electrons. The highest BCUT2D eigenvalue weighted by molar-refractivity contribution is 6.38. The highest BCUT2D eigenvalue weighted by atomic mass is 35.5. The number of ketones is 1. The number of aromatic amines is 1. The average Bonchev–Trinajstić information content (AvgIpc) is 2.83. The van der Waals surface area contributed by atoms with Crippen LogP contribution in [0, 0.1) is 5.82 Å². The number of nitrogens with one attached hydrogen (secondary N) is 1. The molecule has 0 bridgehead atoms. The molecule has 2 heterocycles. The summed E-state index contributed by atoms with van der Waals surface area (Å²) in [5.41, 5.74) is 0.536. The molecule has 1 N–H and O–H groups in total. The van der Waals surface area contributed by atoms with Crippen LogP contribution < -0.4 is 0 Å². The maximum Gasteiger partial charge on any atom is 0.199 e. The van der Waals surface area contributed by atoms with Crippen LogP contribution in [0.1, 0.15) is 15.9 Å². The Kier molecular flexibility index (Phi) is 3.20. The molecule has 3 rings (SSSR count). The normalized spacial score (nSPS) is 10.9. The first-order valence-electron chi connectivity index (χ1n) is 5.70. The van der Waals surface area contributed by atoms with Gasteiger partial charge in [-0.15, -0.1) is 0 Å². The Labute approximate surface area is 123 Å². The lowest BCUT2D eigenvalue weighted by molar-refractivity contribution is 0.103. The molecule has 6 heteroatoms. The topological polar surface area (TPSA) is 45.8 Å². The van der Waals surface area contributed by atoms with Crippen LogP contribution in [0.15, 0.2) is 36.7 Å². The lowest BCUT2D eigenvalue weighted by Gasteiger charge is -2.04. The molecule has 1 aromatic carbocycles. The summed E-state index contributed by atoms with van der Waals surface area (Å²) in [6, 6.07) is 5.66. The Morgan fingerprint density at radius 1 is 1.20 bits per heavy atom. The molecule has 20 heavy (non-hydrogen) atoms. The van der Waals surface area contributed by atoms with Gasteiger partial charge in [-0.3, -0.25) is 4.79 Å². The van der Waals surface area contributed by atoms with E-state index in [1.807, 2.05) is 0 Å². The van der Waals surface area contributed by atoms with Crippen LogP contribution in [-0.4, -0.2) is 15.8 Å². The first-order chi connectivity index (χ1) is 9.59. The monoisotopic (exact) mass is 308 g/mol. The molecule has 3 nitrogen and oxygen atoms in total. The van der Waals surface area contributed by atoms with Gasteiger partial charge >= 0.3 is 0 Å².